The van der Waals surface area contributed by atoms with Gasteiger partial charge in [-0.15, -0.1) is 0 Å². The number of benzene rings is 2. The molecular weight excluding hydrogens is 397 g/mol. The van der Waals surface area contributed by atoms with Gasteiger partial charge >= 0.3 is 0 Å². The van der Waals surface area contributed by atoms with E-state index in [1.807, 2.05) is 36.4 Å². The number of carbonyl (C=O) groups is 1. The summed E-state index contributed by atoms with van der Waals surface area (Å²) < 4.78 is 0.916. The molecule has 0 aromatic heterocycles. The first kappa shape index (κ1) is 16.3. The first-order valence-corrected chi connectivity index (χ1v) is 8.10. The molecule has 0 spiro atoms. The zero-order valence-corrected chi connectivity index (χ0v) is 15.1. The summed E-state index contributed by atoms with van der Waals surface area (Å²) in [5.74, 6) is -0.115. The van der Waals surface area contributed by atoms with E-state index in [4.69, 9.17) is 11.6 Å². The van der Waals surface area contributed by atoms with Gasteiger partial charge in [-0.25, -0.2) is 0 Å². The quantitative estimate of drug-likeness (QED) is 0.648. The average Bonchev–Trinajstić information content (AvgIpc) is 2.41. The number of nitrogens with one attached hydrogen (secondary N) is 1. The SMILES string of the molecule is CC(C)(C)c1ccc(C(=O)Nc2ccc(Cl)cc2I)cc1. The van der Waals surface area contributed by atoms with Crippen LogP contribution in [0.2, 0.25) is 5.02 Å². The minimum Gasteiger partial charge on any atom is -0.321 e. The first-order valence-electron chi connectivity index (χ1n) is 6.64. The van der Waals surface area contributed by atoms with Gasteiger partial charge in [0.15, 0.2) is 0 Å². The highest BCUT2D eigenvalue weighted by Gasteiger charge is 2.14. The summed E-state index contributed by atoms with van der Waals surface area (Å²) in [4.78, 5) is 12.3. The van der Waals surface area contributed by atoms with Crippen LogP contribution in [0.4, 0.5) is 5.69 Å². The Morgan fingerprint density at radius 2 is 1.71 bits per heavy atom. The normalized spacial score (nSPS) is 11.3. The van der Waals surface area contributed by atoms with Crippen LogP contribution in [-0.4, -0.2) is 5.91 Å². The Bertz CT molecular complexity index is 659. The minimum absolute atomic E-state index is 0.0839. The second kappa shape index (κ2) is 6.36. The van der Waals surface area contributed by atoms with Crippen molar-refractivity contribution in [2.24, 2.45) is 0 Å². The largest absolute Gasteiger partial charge is 0.321 e. The van der Waals surface area contributed by atoms with Crippen molar-refractivity contribution in [3.63, 3.8) is 0 Å². The van der Waals surface area contributed by atoms with E-state index in [0.717, 1.165) is 9.26 Å². The van der Waals surface area contributed by atoms with E-state index in [1.54, 1.807) is 6.07 Å². The number of rotatable bonds is 2. The smallest absolute Gasteiger partial charge is 0.255 e. The summed E-state index contributed by atoms with van der Waals surface area (Å²) in [7, 11) is 0. The first-order chi connectivity index (χ1) is 9.77. The minimum atomic E-state index is -0.115. The van der Waals surface area contributed by atoms with Crippen molar-refractivity contribution in [3.05, 3.63) is 62.2 Å². The van der Waals surface area contributed by atoms with Crippen molar-refractivity contribution in [3.8, 4) is 0 Å². The molecule has 0 fully saturated rings. The van der Waals surface area contributed by atoms with Gasteiger partial charge in [0.25, 0.3) is 5.91 Å². The molecule has 0 unspecified atom stereocenters. The molecule has 110 valence electrons. The number of hydrogen-bond donors (Lipinski definition) is 1. The van der Waals surface area contributed by atoms with Crippen LogP contribution in [0.5, 0.6) is 0 Å². The average molecular weight is 414 g/mol. The number of carbonyl (C=O) groups excluding carboxylic acids is 1. The van der Waals surface area contributed by atoms with Crippen LogP contribution in [0.1, 0.15) is 36.7 Å². The summed E-state index contributed by atoms with van der Waals surface area (Å²) in [5, 5.41) is 3.57. The fraction of sp³-hybridized carbons (Fsp3) is 0.235. The van der Waals surface area contributed by atoms with Crippen molar-refractivity contribution in [2.45, 2.75) is 26.2 Å². The summed E-state index contributed by atoms with van der Waals surface area (Å²) in [5.41, 5.74) is 2.71. The van der Waals surface area contributed by atoms with Crippen LogP contribution in [0.25, 0.3) is 0 Å². The zero-order valence-electron chi connectivity index (χ0n) is 12.2. The second-order valence-corrected chi connectivity index (χ2v) is 7.50. The van der Waals surface area contributed by atoms with Gasteiger partial charge in [-0.1, -0.05) is 44.5 Å². The lowest BCUT2D eigenvalue weighted by atomic mass is 9.87. The third-order valence-electron chi connectivity index (χ3n) is 3.19. The van der Waals surface area contributed by atoms with Gasteiger partial charge in [0.05, 0.1) is 5.69 Å². The fourth-order valence-corrected chi connectivity index (χ4v) is 2.91. The van der Waals surface area contributed by atoms with Gasteiger partial charge in [0.2, 0.25) is 0 Å². The van der Waals surface area contributed by atoms with Crippen molar-refractivity contribution in [2.75, 3.05) is 5.32 Å². The molecule has 0 atom stereocenters. The van der Waals surface area contributed by atoms with Crippen LogP contribution >= 0.6 is 34.2 Å². The molecule has 1 amide bonds. The molecule has 0 radical (unpaired) electrons. The van der Waals surface area contributed by atoms with E-state index in [2.05, 4.69) is 48.7 Å². The maximum absolute atomic E-state index is 12.3. The molecule has 0 aliphatic rings. The van der Waals surface area contributed by atoms with Crippen molar-refractivity contribution in [1.29, 1.82) is 0 Å². The number of halogens is 2. The molecule has 1 N–H and O–H groups in total. The van der Waals surface area contributed by atoms with Crippen LogP contribution in [0, 0.1) is 3.57 Å². The molecule has 0 aliphatic heterocycles. The van der Waals surface area contributed by atoms with E-state index < -0.39 is 0 Å². The summed E-state index contributed by atoms with van der Waals surface area (Å²) in [6.45, 7) is 6.45. The van der Waals surface area contributed by atoms with E-state index in [9.17, 15) is 4.79 Å². The Hall–Kier alpha value is -1.07. The Balaban J connectivity index is 2.17. The molecule has 2 aromatic rings. The summed E-state index contributed by atoms with van der Waals surface area (Å²) in [6, 6.07) is 13.1. The molecule has 2 rings (SSSR count). The van der Waals surface area contributed by atoms with Crippen LogP contribution < -0.4 is 5.32 Å². The molecule has 0 aliphatic carbocycles. The Morgan fingerprint density at radius 1 is 1.10 bits per heavy atom. The molecule has 0 bridgehead atoms. The van der Waals surface area contributed by atoms with Gasteiger partial charge in [0, 0.05) is 14.2 Å². The third kappa shape index (κ3) is 4.20. The van der Waals surface area contributed by atoms with Crippen molar-refractivity contribution in [1.82, 2.24) is 0 Å². The number of anilines is 1. The zero-order chi connectivity index (χ0) is 15.6. The van der Waals surface area contributed by atoms with Gasteiger partial charge in [0.1, 0.15) is 0 Å². The van der Waals surface area contributed by atoms with Gasteiger partial charge in [-0.3, -0.25) is 4.79 Å². The predicted octanol–water partition coefficient (Wildman–Crippen LogP) is 5.49. The third-order valence-corrected chi connectivity index (χ3v) is 4.32. The Morgan fingerprint density at radius 3 is 2.24 bits per heavy atom. The molecular formula is C17H17ClINO. The van der Waals surface area contributed by atoms with E-state index in [1.165, 1.54) is 5.56 Å². The molecule has 21 heavy (non-hydrogen) atoms. The van der Waals surface area contributed by atoms with Crippen LogP contribution in [0.15, 0.2) is 42.5 Å². The summed E-state index contributed by atoms with van der Waals surface area (Å²) >= 11 is 8.07. The monoisotopic (exact) mass is 413 g/mol. The number of amides is 1. The standard InChI is InChI=1S/C17H17ClINO/c1-17(2,3)12-6-4-11(5-7-12)16(21)20-15-9-8-13(18)10-14(15)19/h4-10H,1-3H3,(H,20,21). The highest BCUT2D eigenvalue weighted by molar-refractivity contribution is 14.1. The van der Waals surface area contributed by atoms with Gasteiger partial charge in [-0.05, 0) is 63.9 Å². The topological polar surface area (TPSA) is 29.1 Å². The van der Waals surface area contributed by atoms with Gasteiger partial charge in [-0.2, -0.15) is 0 Å². The van der Waals surface area contributed by atoms with Crippen molar-refractivity contribution < 1.29 is 4.79 Å². The predicted molar refractivity (Wildman–Crippen MR) is 97.3 cm³/mol. The molecule has 2 aromatic carbocycles. The fourth-order valence-electron chi connectivity index (χ4n) is 1.91. The maximum atomic E-state index is 12.3. The van der Waals surface area contributed by atoms with E-state index in [0.29, 0.717) is 10.6 Å². The molecule has 4 heteroatoms. The molecule has 0 saturated carbocycles. The van der Waals surface area contributed by atoms with Crippen molar-refractivity contribution >= 4 is 45.8 Å². The van der Waals surface area contributed by atoms with E-state index in [-0.39, 0.29) is 11.3 Å². The summed E-state index contributed by atoms with van der Waals surface area (Å²) in [6.07, 6.45) is 0. The van der Waals surface area contributed by atoms with Crippen LogP contribution in [0.3, 0.4) is 0 Å². The molecule has 0 heterocycles. The Labute approximate surface area is 144 Å². The number of hydrogen-bond acceptors (Lipinski definition) is 1. The van der Waals surface area contributed by atoms with E-state index >= 15 is 0 Å². The van der Waals surface area contributed by atoms with Crippen LogP contribution in [-0.2, 0) is 5.41 Å². The lowest BCUT2D eigenvalue weighted by Crippen LogP contribution is -2.14. The highest BCUT2D eigenvalue weighted by Crippen LogP contribution is 2.24. The maximum Gasteiger partial charge on any atom is 0.255 e. The highest BCUT2D eigenvalue weighted by atomic mass is 127. The Kier molecular flexibility index (Phi) is 4.94. The second-order valence-electron chi connectivity index (χ2n) is 5.91. The molecule has 0 saturated heterocycles. The molecule has 2 nitrogen and oxygen atoms in total. The lowest BCUT2D eigenvalue weighted by Gasteiger charge is -2.19. The van der Waals surface area contributed by atoms with Gasteiger partial charge < -0.3 is 5.32 Å². The lowest BCUT2D eigenvalue weighted by molar-refractivity contribution is 0.102.